The van der Waals surface area contributed by atoms with E-state index in [1.165, 1.54) is 12.8 Å². The van der Waals surface area contributed by atoms with Gasteiger partial charge >= 0.3 is 0 Å². The predicted octanol–water partition coefficient (Wildman–Crippen LogP) is 3.63. The Morgan fingerprint density at radius 1 is 1.27 bits per heavy atom. The minimum atomic E-state index is 0.777. The van der Waals surface area contributed by atoms with E-state index in [1.54, 1.807) is 5.57 Å². The number of hydrogen-bond acceptors (Lipinski definition) is 0. The van der Waals surface area contributed by atoms with Crippen molar-refractivity contribution < 1.29 is 0 Å². The summed E-state index contributed by atoms with van der Waals surface area (Å²) in [7, 11) is 0. The van der Waals surface area contributed by atoms with Gasteiger partial charge in [-0.05, 0) is 30.6 Å². The van der Waals surface area contributed by atoms with Crippen molar-refractivity contribution in [3.05, 3.63) is 11.6 Å². The second-order valence-electron chi connectivity index (χ2n) is 4.38. The third-order valence-corrected chi connectivity index (χ3v) is 2.87. The van der Waals surface area contributed by atoms with Crippen LogP contribution in [-0.4, -0.2) is 0 Å². The van der Waals surface area contributed by atoms with Gasteiger partial charge in [-0.1, -0.05) is 39.3 Å². The molecule has 1 atom stereocenters. The molecule has 0 saturated carbocycles. The van der Waals surface area contributed by atoms with Gasteiger partial charge in [-0.15, -0.1) is 0 Å². The molecule has 0 spiro atoms. The molecule has 64 valence electrons. The topological polar surface area (TPSA) is 0 Å². The number of allylic oxidation sites excluding steroid dienone is 2. The fraction of sp³-hybridized carbons (Fsp3) is 0.818. The summed E-state index contributed by atoms with van der Waals surface area (Å²) < 4.78 is 0. The maximum atomic E-state index is 2.45. The first-order chi connectivity index (χ1) is 5.11. The molecule has 0 heteroatoms. The first-order valence-corrected chi connectivity index (χ1v) is 4.80. The van der Waals surface area contributed by atoms with Gasteiger partial charge in [-0.3, -0.25) is 0 Å². The van der Waals surface area contributed by atoms with E-state index < -0.39 is 0 Å². The molecule has 0 aliphatic heterocycles. The minimum Gasteiger partial charge on any atom is -0.0848 e. The summed E-state index contributed by atoms with van der Waals surface area (Å²) in [6.07, 6.45) is 5.13. The lowest BCUT2D eigenvalue weighted by molar-refractivity contribution is 0.399. The van der Waals surface area contributed by atoms with E-state index in [-0.39, 0.29) is 0 Å². The number of hydrogen-bond donors (Lipinski definition) is 0. The summed E-state index contributed by atoms with van der Waals surface area (Å²) in [4.78, 5) is 0. The van der Waals surface area contributed by atoms with Gasteiger partial charge in [0.05, 0.1) is 0 Å². The SMILES string of the molecule is CC(C)C1=CCC(C(C)C)C1. The van der Waals surface area contributed by atoms with Crippen LogP contribution in [0, 0.1) is 17.8 Å². The molecule has 0 amide bonds. The Morgan fingerprint density at radius 3 is 2.18 bits per heavy atom. The summed E-state index contributed by atoms with van der Waals surface area (Å²) in [5.74, 6) is 2.58. The Morgan fingerprint density at radius 2 is 1.91 bits per heavy atom. The van der Waals surface area contributed by atoms with Crippen LogP contribution in [0.3, 0.4) is 0 Å². The zero-order valence-electron chi connectivity index (χ0n) is 8.22. The molecule has 0 nitrogen and oxygen atoms in total. The van der Waals surface area contributed by atoms with Crippen LogP contribution in [0.1, 0.15) is 40.5 Å². The van der Waals surface area contributed by atoms with E-state index in [0.29, 0.717) is 0 Å². The van der Waals surface area contributed by atoms with E-state index in [0.717, 1.165) is 17.8 Å². The molecule has 0 radical (unpaired) electrons. The van der Waals surface area contributed by atoms with Crippen LogP contribution in [0.25, 0.3) is 0 Å². The van der Waals surface area contributed by atoms with Crippen molar-refractivity contribution in [3.8, 4) is 0 Å². The summed E-state index contributed by atoms with van der Waals surface area (Å²) in [5, 5.41) is 0. The maximum Gasteiger partial charge on any atom is -0.0260 e. The summed E-state index contributed by atoms with van der Waals surface area (Å²) in [5.41, 5.74) is 1.68. The first-order valence-electron chi connectivity index (χ1n) is 4.80. The highest BCUT2D eigenvalue weighted by atomic mass is 14.3. The van der Waals surface area contributed by atoms with Crippen molar-refractivity contribution in [1.82, 2.24) is 0 Å². The third-order valence-electron chi connectivity index (χ3n) is 2.87. The van der Waals surface area contributed by atoms with Crippen LogP contribution in [-0.2, 0) is 0 Å². The Hall–Kier alpha value is -0.260. The molecule has 1 aliphatic rings. The Bertz CT molecular complexity index is 151. The highest BCUT2D eigenvalue weighted by molar-refractivity contribution is 5.12. The summed E-state index contributed by atoms with van der Waals surface area (Å²) in [6, 6.07) is 0. The van der Waals surface area contributed by atoms with Gasteiger partial charge in [0.15, 0.2) is 0 Å². The van der Waals surface area contributed by atoms with Crippen molar-refractivity contribution in [1.29, 1.82) is 0 Å². The molecular formula is C11H20. The molecule has 0 bridgehead atoms. The largest absolute Gasteiger partial charge is 0.0848 e. The predicted molar refractivity (Wildman–Crippen MR) is 50.5 cm³/mol. The van der Waals surface area contributed by atoms with Gasteiger partial charge < -0.3 is 0 Å². The zero-order chi connectivity index (χ0) is 8.43. The van der Waals surface area contributed by atoms with Crippen LogP contribution in [0.5, 0.6) is 0 Å². The van der Waals surface area contributed by atoms with Crippen LogP contribution in [0.4, 0.5) is 0 Å². The van der Waals surface area contributed by atoms with Crippen molar-refractivity contribution >= 4 is 0 Å². The Labute approximate surface area is 70.7 Å². The normalized spacial score (nSPS) is 24.9. The molecule has 0 aromatic heterocycles. The van der Waals surface area contributed by atoms with Gasteiger partial charge in [0, 0.05) is 0 Å². The lowest BCUT2D eigenvalue weighted by Gasteiger charge is -2.15. The second kappa shape index (κ2) is 3.42. The van der Waals surface area contributed by atoms with E-state index >= 15 is 0 Å². The molecule has 11 heavy (non-hydrogen) atoms. The average Bonchev–Trinajstić information content (AvgIpc) is 2.33. The molecule has 0 aromatic carbocycles. The lowest BCUT2D eigenvalue weighted by Crippen LogP contribution is -2.04. The van der Waals surface area contributed by atoms with E-state index in [1.807, 2.05) is 0 Å². The fourth-order valence-corrected chi connectivity index (χ4v) is 1.75. The zero-order valence-corrected chi connectivity index (χ0v) is 8.22. The molecule has 1 unspecified atom stereocenters. The smallest absolute Gasteiger partial charge is 0.0260 e. The van der Waals surface area contributed by atoms with E-state index in [4.69, 9.17) is 0 Å². The Kier molecular flexibility index (Phi) is 2.75. The molecule has 0 fully saturated rings. The molecule has 0 heterocycles. The highest BCUT2D eigenvalue weighted by Gasteiger charge is 2.20. The van der Waals surface area contributed by atoms with Crippen LogP contribution in [0.2, 0.25) is 0 Å². The molecule has 0 N–H and O–H groups in total. The quantitative estimate of drug-likeness (QED) is 0.530. The van der Waals surface area contributed by atoms with Gasteiger partial charge in [-0.2, -0.15) is 0 Å². The van der Waals surface area contributed by atoms with Crippen LogP contribution < -0.4 is 0 Å². The molecule has 1 aliphatic carbocycles. The fourth-order valence-electron chi connectivity index (χ4n) is 1.75. The molecule has 0 saturated heterocycles. The standard InChI is InChI=1S/C11H20/c1-8(2)10-5-6-11(7-10)9(3)4/h5,8-9,11H,6-7H2,1-4H3. The van der Waals surface area contributed by atoms with Gasteiger partial charge in [0.2, 0.25) is 0 Å². The van der Waals surface area contributed by atoms with Crippen LogP contribution in [0.15, 0.2) is 11.6 Å². The first kappa shape index (κ1) is 8.83. The van der Waals surface area contributed by atoms with Gasteiger partial charge in [-0.25, -0.2) is 0 Å². The average molecular weight is 152 g/mol. The molecule has 0 aromatic rings. The highest BCUT2D eigenvalue weighted by Crippen LogP contribution is 2.33. The molecule has 1 rings (SSSR count). The lowest BCUT2D eigenvalue weighted by atomic mass is 9.91. The van der Waals surface area contributed by atoms with Gasteiger partial charge in [0.25, 0.3) is 0 Å². The third kappa shape index (κ3) is 2.08. The number of rotatable bonds is 2. The van der Waals surface area contributed by atoms with E-state index in [9.17, 15) is 0 Å². The summed E-state index contributed by atoms with van der Waals surface area (Å²) in [6.45, 7) is 9.27. The van der Waals surface area contributed by atoms with E-state index in [2.05, 4.69) is 33.8 Å². The van der Waals surface area contributed by atoms with Crippen molar-refractivity contribution in [2.24, 2.45) is 17.8 Å². The monoisotopic (exact) mass is 152 g/mol. The van der Waals surface area contributed by atoms with Crippen LogP contribution >= 0.6 is 0 Å². The minimum absolute atomic E-state index is 0.777. The van der Waals surface area contributed by atoms with Crippen molar-refractivity contribution in [3.63, 3.8) is 0 Å². The van der Waals surface area contributed by atoms with Crippen molar-refractivity contribution in [2.45, 2.75) is 40.5 Å². The van der Waals surface area contributed by atoms with Crippen molar-refractivity contribution in [2.75, 3.05) is 0 Å². The van der Waals surface area contributed by atoms with Gasteiger partial charge in [0.1, 0.15) is 0 Å². The maximum absolute atomic E-state index is 2.45. The Balaban J connectivity index is 2.43. The molecular weight excluding hydrogens is 132 g/mol. The summed E-state index contributed by atoms with van der Waals surface area (Å²) >= 11 is 0. The second-order valence-corrected chi connectivity index (χ2v) is 4.38.